The van der Waals surface area contributed by atoms with Crippen molar-refractivity contribution >= 4 is 55.9 Å². The van der Waals surface area contributed by atoms with E-state index in [-0.39, 0.29) is 21.1 Å². The summed E-state index contributed by atoms with van der Waals surface area (Å²) in [5.41, 5.74) is 17.5. The molecule has 0 atom stereocenters. The zero-order valence-electron chi connectivity index (χ0n) is 35.2. The van der Waals surface area contributed by atoms with Gasteiger partial charge in [-0.1, -0.05) is 150 Å². The van der Waals surface area contributed by atoms with Crippen LogP contribution in [-0.2, 0) is 21.1 Å². The minimum absolute atomic E-state index is 0. The number of para-hydroxylation sites is 4. The second-order valence-corrected chi connectivity index (χ2v) is 16.1. The van der Waals surface area contributed by atoms with Gasteiger partial charge in [-0.3, -0.25) is 0 Å². The monoisotopic (exact) mass is 992 g/mol. The van der Waals surface area contributed by atoms with Crippen LogP contribution in [0.25, 0.3) is 61.0 Å². The summed E-state index contributed by atoms with van der Waals surface area (Å²) in [4.78, 5) is 12.1. The SMILES string of the molecule is Cc1cccc(C)c1-c1ccnc(-n2c3[c-]c(N(c4[c-]c(N5CN(C)c6ccccc65)ccc4)c4c(-c5ccccc5)cccc4-c4ccccc4)ccc3c3ccccc32)c1.[Pt+2]. The smallest absolute Gasteiger partial charge is 0.357 e. The number of nitrogens with zero attached hydrogens (tertiary/aromatic N) is 5. The van der Waals surface area contributed by atoms with Crippen LogP contribution in [0.2, 0.25) is 0 Å². The molecule has 0 bridgehead atoms. The molecule has 0 N–H and O–H groups in total. The summed E-state index contributed by atoms with van der Waals surface area (Å²) in [6.07, 6.45) is 1.93. The fraction of sp³-hybridized carbons (Fsp3) is 0.0702. The molecule has 0 unspecified atom stereocenters. The van der Waals surface area contributed by atoms with Gasteiger partial charge in [0.1, 0.15) is 5.82 Å². The molecule has 5 nitrogen and oxygen atoms in total. The molecule has 0 fully saturated rings. The van der Waals surface area contributed by atoms with Gasteiger partial charge in [0, 0.05) is 29.9 Å². The normalized spacial score (nSPS) is 12.1. The molecule has 0 saturated heterocycles. The number of aryl methyl sites for hydroxylation is 2. The van der Waals surface area contributed by atoms with Crippen LogP contribution in [0.3, 0.4) is 0 Å². The van der Waals surface area contributed by atoms with Gasteiger partial charge in [0.2, 0.25) is 0 Å². The van der Waals surface area contributed by atoms with E-state index in [4.69, 9.17) is 4.98 Å². The first-order valence-corrected chi connectivity index (χ1v) is 21.1. The maximum Gasteiger partial charge on any atom is 2.00 e. The largest absolute Gasteiger partial charge is 2.00 e. The maximum absolute atomic E-state index is 5.06. The van der Waals surface area contributed by atoms with Gasteiger partial charge in [0.05, 0.1) is 23.7 Å². The van der Waals surface area contributed by atoms with E-state index in [1.807, 2.05) is 6.20 Å². The molecule has 3 heterocycles. The van der Waals surface area contributed by atoms with Gasteiger partial charge in [0.25, 0.3) is 0 Å². The molecule has 0 aliphatic carbocycles. The Morgan fingerprint density at radius 3 is 1.89 bits per heavy atom. The zero-order valence-corrected chi connectivity index (χ0v) is 37.5. The number of benzene rings is 8. The fourth-order valence-electron chi connectivity index (χ4n) is 9.39. The number of anilines is 6. The molecule has 6 heteroatoms. The summed E-state index contributed by atoms with van der Waals surface area (Å²) in [6, 6.07) is 75.0. The van der Waals surface area contributed by atoms with E-state index in [1.54, 1.807) is 0 Å². The number of pyridine rings is 1. The van der Waals surface area contributed by atoms with E-state index in [2.05, 4.69) is 240 Å². The second kappa shape index (κ2) is 16.6. The van der Waals surface area contributed by atoms with Crippen LogP contribution < -0.4 is 14.7 Å². The first-order chi connectivity index (χ1) is 30.5. The number of rotatable bonds is 8. The van der Waals surface area contributed by atoms with Crippen molar-refractivity contribution in [3.05, 3.63) is 218 Å². The van der Waals surface area contributed by atoms with E-state index in [0.29, 0.717) is 0 Å². The summed E-state index contributed by atoms with van der Waals surface area (Å²) in [5, 5.41) is 2.26. The summed E-state index contributed by atoms with van der Waals surface area (Å²) in [6.45, 7) is 5.09. The number of aromatic nitrogens is 2. The first kappa shape index (κ1) is 39.9. The van der Waals surface area contributed by atoms with E-state index in [1.165, 1.54) is 22.4 Å². The molecule has 0 saturated carbocycles. The minimum Gasteiger partial charge on any atom is -0.357 e. The third-order valence-corrected chi connectivity index (χ3v) is 12.2. The first-order valence-electron chi connectivity index (χ1n) is 21.1. The summed E-state index contributed by atoms with van der Waals surface area (Å²) >= 11 is 0. The second-order valence-electron chi connectivity index (χ2n) is 16.1. The van der Waals surface area contributed by atoms with Crippen LogP contribution in [0.4, 0.5) is 34.1 Å². The number of hydrogen-bond donors (Lipinski definition) is 0. The maximum atomic E-state index is 5.06. The predicted octanol–water partition coefficient (Wildman–Crippen LogP) is 14.4. The summed E-state index contributed by atoms with van der Waals surface area (Å²) in [5.74, 6) is 0.844. The molecule has 1 aliphatic heterocycles. The van der Waals surface area contributed by atoms with Gasteiger partial charge in [-0.25, -0.2) is 4.98 Å². The molecule has 0 radical (unpaired) electrons. The number of hydrogen-bond acceptors (Lipinski definition) is 4. The van der Waals surface area contributed by atoms with E-state index in [0.717, 1.165) is 90.5 Å². The van der Waals surface area contributed by atoms with Gasteiger partial charge in [-0.05, 0) is 82.9 Å². The molecular weight excluding hydrogens is 950 g/mol. The van der Waals surface area contributed by atoms with Crippen LogP contribution in [0.1, 0.15) is 11.1 Å². The van der Waals surface area contributed by atoms with Crippen LogP contribution in [-0.4, -0.2) is 23.3 Å². The van der Waals surface area contributed by atoms with Crippen molar-refractivity contribution < 1.29 is 21.1 Å². The Kier molecular flexibility index (Phi) is 10.5. The van der Waals surface area contributed by atoms with Gasteiger partial charge in [0.15, 0.2) is 0 Å². The van der Waals surface area contributed by atoms with Crippen LogP contribution in [0.5, 0.6) is 0 Å². The molecule has 11 rings (SSSR count). The van der Waals surface area contributed by atoms with Gasteiger partial charge >= 0.3 is 21.1 Å². The van der Waals surface area contributed by atoms with Crippen molar-refractivity contribution in [2.75, 3.05) is 28.4 Å². The molecule has 2 aromatic heterocycles. The summed E-state index contributed by atoms with van der Waals surface area (Å²) < 4.78 is 2.28. The fourth-order valence-corrected chi connectivity index (χ4v) is 9.39. The Hall–Kier alpha value is -7.20. The minimum atomic E-state index is 0. The van der Waals surface area contributed by atoms with Gasteiger partial charge in [-0.2, -0.15) is 12.1 Å². The predicted molar refractivity (Wildman–Crippen MR) is 259 cm³/mol. The van der Waals surface area contributed by atoms with Crippen molar-refractivity contribution in [1.29, 1.82) is 0 Å². The van der Waals surface area contributed by atoms with E-state index < -0.39 is 0 Å². The molecule has 8 aromatic carbocycles. The van der Waals surface area contributed by atoms with Crippen LogP contribution in [0, 0.1) is 26.0 Å². The standard InChI is InChI=1S/C57H43N5.Pt/c1-39-17-14-18-40(2)56(39)43-33-34-58-55(35-43)62-51-28-11-10-25-49(51)50-32-31-46(37-54(50)62)61(45-24-15-23-44(36-45)60-38-59(3)52-29-12-13-30-53(52)60)57-47(41-19-6-4-7-20-41)26-16-27-48(57)42-21-8-5-9-22-42;/h4-35H,38H2,1-3H3;/q-2;+2. The van der Waals surface area contributed by atoms with Crippen molar-refractivity contribution in [2.24, 2.45) is 0 Å². The molecule has 10 aromatic rings. The van der Waals surface area contributed by atoms with Crippen LogP contribution in [0.15, 0.2) is 194 Å². The Morgan fingerprint density at radius 1 is 0.540 bits per heavy atom. The topological polar surface area (TPSA) is 27.5 Å². The Balaban J connectivity index is 0.00000471. The van der Waals surface area contributed by atoms with Crippen molar-refractivity contribution in [1.82, 2.24) is 9.55 Å². The van der Waals surface area contributed by atoms with Crippen LogP contribution >= 0.6 is 0 Å². The average Bonchev–Trinajstić information content (AvgIpc) is 3.84. The molecule has 63 heavy (non-hydrogen) atoms. The molecule has 306 valence electrons. The molecule has 0 spiro atoms. The van der Waals surface area contributed by atoms with E-state index in [9.17, 15) is 0 Å². The third-order valence-electron chi connectivity index (χ3n) is 12.2. The Bertz CT molecular complexity index is 3210. The summed E-state index contributed by atoms with van der Waals surface area (Å²) in [7, 11) is 2.15. The average molecular weight is 993 g/mol. The number of fused-ring (bicyclic) bond motifs is 4. The quantitative estimate of drug-likeness (QED) is 0.142. The van der Waals surface area contributed by atoms with Gasteiger partial charge < -0.3 is 19.3 Å². The Labute approximate surface area is 383 Å². The molecule has 1 aliphatic rings. The molecule has 0 amide bonds. The van der Waals surface area contributed by atoms with Gasteiger partial charge in [-0.15, -0.1) is 35.7 Å². The van der Waals surface area contributed by atoms with Crippen molar-refractivity contribution in [3.63, 3.8) is 0 Å². The third kappa shape index (κ3) is 6.99. The van der Waals surface area contributed by atoms with Crippen molar-refractivity contribution in [3.8, 4) is 39.2 Å². The molecular formula is C57H43N5Pt. The van der Waals surface area contributed by atoms with E-state index >= 15 is 0 Å². The Morgan fingerprint density at radius 2 is 1.16 bits per heavy atom. The zero-order chi connectivity index (χ0) is 41.7. The van der Waals surface area contributed by atoms with Crippen molar-refractivity contribution in [2.45, 2.75) is 13.8 Å².